The number of rotatable bonds is 3. The Kier molecular flexibility index (Phi) is 5.34. The zero-order chi connectivity index (χ0) is 28.6. The second-order valence-electron chi connectivity index (χ2n) is 15.5. The Bertz CT molecular complexity index is 1260. The predicted molar refractivity (Wildman–Crippen MR) is 146 cm³/mol. The van der Waals surface area contributed by atoms with Crippen LogP contribution in [0.1, 0.15) is 86.5 Å². The van der Waals surface area contributed by atoms with Crippen LogP contribution in [0.15, 0.2) is 24.0 Å². The number of ketones is 2. The van der Waals surface area contributed by atoms with Crippen molar-refractivity contribution in [2.24, 2.45) is 50.2 Å². The van der Waals surface area contributed by atoms with Gasteiger partial charge in [-0.05, 0) is 79.1 Å². The van der Waals surface area contributed by atoms with Gasteiger partial charge in [0.25, 0.3) is 0 Å². The lowest BCUT2D eigenvalue weighted by Crippen LogP contribution is -2.67. The average molecular weight is 536 g/mol. The first-order valence-electron chi connectivity index (χ1n) is 14.8. The van der Waals surface area contributed by atoms with Crippen LogP contribution < -0.4 is 0 Å². The molecule has 0 bridgehead atoms. The quantitative estimate of drug-likeness (QED) is 0.376. The molecule has 4 saturated carbocycles. The number of carbonyl (C=O) groups excluding carboxylic acids is 2. The van der Waals surface area contributed by atoms with E-state index in [1.807, 2.05) is 19.9 Å². The second-order valence-corrected chi connectivity index (χ2v) is 15.5. The fraction of sp³-hybridized carbons (Fsp3) is 0.788. The van der Waals surface area contributed by atoms with Crippen LogP contribution in [0.2, 0.25) is 0 Å². The van der Waals surface area contributed by atoms with Crippen LogP contribution >= 0.6 is 0 Å². The minimum absolute atomic E-state index is 0.00191. The normalized spacial score (nSPS) is 53.1. The molecule has 0 amide bonds. The summed E-state index contributed by atoms with van der Waals surface area (Å²) in [7, 11) is 1.69. The highest BCUT2D eigenvalue weighted by Crippen LogP contribution is 2.78. The van der Waals surface area contributed by atoms with Gasteiger partial charge in [0.15, 0.2) is 11.6 Å². The zero-order valence-corrected chi connectivity index (χ0v) is 24.8. The van der Waals surface area contributed by atoms with Gasteiger partial charge in [0.05, 0.1) is 12.9 Å². The van der Waals surface area contributed by atoms with Crippen molar-refractivity contribution in [3.63, 3.8) is 0 Å². The van der Waals surface area contributed by atoms with Crippen LogP contribution in [0.3, 0.4) is 0 Å². The van der Waals surface area contributed by atoms with E-state index in [1.54, 1.807) is 7.11 Å². The smallest absolute Gasteiger partial charge is 0.240 e. The van der Waals surface area contributed by atoms with E-state index in [0.29, 0.717) is 0 Å². The number of hydrogen-bond donors (Lipinski definition) is 1. The maximum atomic E-state index is 14.6. The van der Waals surface area contributed by atoms with Gasteiger partial charge in [-0.1, -0.05) is 53.7 Å². The summed E-state index contributed by atoms with van der Waals surface area (Å²) >= 11 is 0. The third-order valence-corrected chi connectivity index (χ3v) is 13.8. The van der Waals surface area contributed by atoms with E-state index in [2.05, 4.69) is 40.3 Å². The van der Waals surface area contributed by atoms with Gasteiger partial charge in [-0.15, -0.1) is 0 Å². The number of ether oxygens (including phenoxy) is 2. The van der Waals surface area contributed by atoms with E-state index in [4.69, 9.17) is 9.47 Å². The van der Waals surface area contributed by atoms with E-state index < -0.39 is 22.5 Å². The molecule has 1 aliphatic heterocycles. The van der Waals surface area contributed by atoms with Gasteiger partial charge >= 0.3 is 0 Å². The SMILES string of the molecule is C=C(OC)[C@]12CC[C@@](C)(CO)C[C@H]1[C@H]1C(=O)C=C3[C@@]4(C)[C@H]5O[C@@]5(C#N)C(=O)C(C)(C)[C@@H]4CC[C@@]3(C)[C@]1(C)CC2. The lowest BCUT2D eigenvalue weighted by atomic mass is 9.33. The van der Waals surface area contributed by atoms with Gasteiger partial charge in [0.2, 0.25) is 5.60 Å². The molecule has 10 atom stereocenters. The van der Waals surface area contributed by atoms with Crippen LogP contribution in [-0.4, -0.2) is 42.1 Å². The monoisotopic (exact) mass is 535 g/mol. The number of nitriles is 1. The summed E-state index contributed by atoms with van der Waals surface area (Å²) in [6.45, 7) is 17.4. The van der Waals surface area contributed by atoms with Crippen LogP contribution in [-0.2, 0) is 19.1 Å². The molecule has 0 aromatic rings. The molecule has 0 radical (unpaired) electrons. The van der Waals surface area contributed by atoms with Crippen molar-refractivity contribution in [1.29, 1.82) is 5.26 Å². The van der Waals surface area contributed by atoms with Crippen molar-refractivity contribution in [1.82, 2.24) is 0 Å². The first-order valence-corrected chi connectivity index (χ1v) is 14.8. The van der Waals surface area contributed by atoms with Gasteiger partial charge in [-0.3, -0.25) is 9.59 Å². The van der Waals surface area contributed by atoms with Crippen LogP contribution in [0.25, 0.3) is 0 Å². The Labute approximate surface area is 233 Å². The van der Waals surface area contributed by atoms with E-state index in [1.165, 1.54) is 0 Å². The van der Waals surface area contributed by atoms with Crippen LogP contribution in [0.4, 0.5) is 0 Å². The Morgan fingerprint density at radius 1 is 1.13 bits per heavy atom. The molecule has 1 heterocycles. The largest absolute Gasteiger partial charge is 0.501 e. The van der Waals surface area contributed by atoms with Crippen molar-refractivity contribution in [3.05, 3.63) is 24.0 Å². The van der Waals surface area contributed by atoms with Gasteiger partial charge in [-0.25, -0.2) is 0 Å². The van der Waals surface area contributed by atoms with Crippen molar-refractivity contribution in [2.75, 3.05) is 13.7 Å². The van der Waals surface area contributed by atoms with E-state index >= 15 is 0 Å². The summed E-state index contributed by atoms with van der Waals surface area (Å²) in [5.41, 5.74) is -2.71. The molecule has 6 nitrogen and oxygen atoms in total. The van der Waals surface area contributed by atoms with E-state index in [9.17, 15) is 20.0 Å². The number of epoxide rings is 1. The molecule has 1 N–H and O–H groups in total. The number of nitrogens with zero attached hydrogens (tertiary/aromatic N) is 1. The predicted octanol–water partition coefficient (Wildman–Crippen LogP) is 5.55. The zero-order valence-electron chi connectivity index (χ0n) is 24.8. The first-order chi connectivity index (χ1) is 18.1. The molecular formula is C33H45NO5. The van der Waals surface area contributed by atoms with Crippen molar-refractivity contribution in [2.45, 2.75) is 98.2 Å². The molecule has 39 heavy (non-hydrogen) atoms. The highest BCUT2D eigenvalue weighted by molar-refractivity contribution is 6.01. The van der Waals surface area contributed by atoms with Crippen molar-refractivity contribution in [3.8, 4) is 6.07 Å². The summed E-state index contributed by atoms with van der Waals surface area (Å²) in [6, 6.07) is 2.25. The number of allylic oxidation sites excluding steroid dienone is 2. The summed E-state index contributed by atoms with van der Waals surface area (Å²) in [5, 5.41) is 20.5. The highest BCUT2D eigenvalue weighted by atomic mass is 16.6. The Balaban J connectivity index is 1.52. The lowest BCUT2D eigenvalue weighted by Gasteiger charge is -2.69. The molecule has 0 spiro atoms. The maximum absolute atomic E-state index is 14.6. The number of Topliss-reactive ketones (excluding diaryl/α,β-unsaturated/α-hetero) is 1. The van der Waals surface area contributed by atoms with Gasteiger partial charge in [-0.2, -0.15) is 5.26 Å². The van der Waals surface area contributed by atoms with Crippen molar-refractivity contribution >= 4 is 11.6 Å². The van der Waals surface area contributed by atoms with Gasteiger partial charge < -0.3 is 14.6 Å². The Morgan fingerprint density at radius 3 is 2.41 bits per heavy atom. The van der Waals surface area contributed by atoms with Gasteiger partial charge in [0.1, 0.15) is 12.2 Å². The van der Waals surface area contributed by atoms with Gasteiger partial charge in [0, 0.05) is 28.8 Å². The molecule has 6 rings (SSSR count). The minimum atomic E-state index is -1.40. The molecule has 212 valence electrons. The molecule has 0 aromatic carbocycles. The molecular weight excluding hydrogens is 490 g/mol. The summed E-state index contributed by atoms with van der Waals surface area (Å²) in [6.07, 6.45) is 7.46. The Hall–Kier alpha value is -1.97. The van der Waals surface area contributed by atoms with Crippen LogP contribution in [0.5, 0.6) is 0 Å². The summed E-state index contributed by atoms with van der Waals surface area (Å²) < 4.78 is 11.9. The Morgan fingerprint density at radius 2 is 1.79 bits per heavy atom. The molecule has 6 heteroatoms. The second kappa shape index (κ2) is 7.65. The number of hydrogen-bond acceptors (Lipinski definition) is 6. The third-order valence-electron chi connectivity index (χ3n) is 13.8. The minimum Gasteiger partial charge on any atom is -0.501 e. The molecule has 0 unspecified atom stereocenters. The summed E-state index contributed by atoms with van der Waals surface area (Å²) in [5.74, 6) is 0.633. The molecule has 0 aromatic heterocycles. The first kappa shape index (κ1) is 27.2. The standard InChI is InChI=1S/C33H45NO5/c1-19(38-8)32-13-11-28(4,18-35)16-20(32)24-21(36)15-23-29(5,30(24,6)12-14-32)10-9-22-27(2,3)25(37)33(17-34)26(39-33)31(22,23)7/h15,20,22,24,26,35H,1,9-14,16,18H2,2-8H3/t20-,22-,24-,26+,28+,29+,30+,31-,32+,33-/m0/s1. The van der Waals surface area contributed by atoms with E-state index in [-0.39, 0.29) is 57.6 Å². The van der Waals surface area contributed by atoms with Crippen molar-refractivity contribution < 1.29 is 24.2 Å². The fourth-order valence-electron chi connectivity index (χ4n) is 11.2. The fourth-order valence-corrected chi connectivity index (χ4v) is 11.2. The van der Waals surface area contributed by atoms with Crippen LogP contribution in [0, 0.1) is 61.6 Å². The number of carbonyl (C=O) groups is 2. The molecule has 1 saturated heterocycles. The molecule has 5 fully saturated rings. The molecule has 5 aliphatic carbocycles. The number of aliphatic hydroxyl groups is 1. The number of aliphatic hydroxyl groups excluding tert-OH is 1. The third kappa shape index (κ3) is 2.85. The topological polar surface area (TPSA) is 99.9 Å². The highest BCUT2D eigenvalue weighted by Gasteiger charge is 2.82. The van der Waals surface area contributed by atoms with E-state index in [0.717, 1.165) is 56.3 Å². The lowest BCUT2D eigenvalue weighted by molar-refractivity contribution is -0.176. The number of fused-ring (bicyclic) bond motifs is 9. The average Bonchev–Trinajstić information content (AvgIpc) is 3.66. The molecule has 6 aliphatic rings. The summed E-state index contributed by atoms with van der Waals surface area (Å²) in [4.78, 5) is 28.1. The maximum Gasteiger partial charge on any atom is 0.240 e. The number of methoxy groups -OCH3 is 1.